The number of hydrogen-bond donors (Lipinski definition) is 1. The number of imide groups is 1. The molecule has 0 saturated heterocycles. The second-order valence-electron chi connectivity index (χ2n) is 5.61. The fourth-order valence-corrected chi connectivity index (χ4v) is 2.52. The molecule has 1 aliphatic rings. The molecule has 0 spiro atoms. The summed E-state index contributed by atoms with van der Waals surface area (Å²) in [6, 6.07) is 6.12. The summed E-state index contributed by atoms with van der Waals surface area (Å²) >= 11 is 0. The Labute approximate surface area is 141 Å². The van der Waals surface area contributed by atoms with E-state index in [0.717, 1.165) is 36.5 Å². The monoisotopic (exact) mass is 327 g/mol. The first-order valence-corrected chi connectivity index (χ1v) is 7.96. The van der Waals surface area contributed by atoms with Crippen LogP contribution in [0.1, 0.15) is 36.5 Å². The maximum absolute atomic E-state index is 11.9. The molecule has 0 unspecified atom stereocenters. The molecule has 1 aromatic rings. The number of carbonyl (C=O) groups excluding carboxylic acids is 3. The molecule has 0 bridgehead atoms. The van der Waals surface area contributed by atoms with E-state index in [-0.39, 0.29) is 18.6 Å². The van der Waals surface area contributed by atoms with Crippen molar-refractivity contribution in [2.75, 3.05) is 0 Å². The van der Waals surface area contributed by atoms with Gasteiger partial charge in [-0.1, -0.05) is 31.2 Å². The first-order valence-electron chi connectivity index (χ1n) is 7.96. The number of nitrogens with one attached hydrogen (secondary N) is 1. The zero-order valence-electron chi connectivity index (χ0n) is 13.8. The van der Waals surface area contributed by atoms with Crippen molar-refractivity contribution < 1.29 is 19.1 Å². The molecular weight excluding hydrogens is 306 g/mol. The minimum Gasteiger partial charge on any atom is -0.461 e. The number of ether oxygens (including phenoxy) is 1. The second-order valence-corrected chi connectivity index (χ2v) is 5.61. The van der Waals surface area contributed by atoms with Gasteiger partial charge in [0.15, 0.2) is 0 Å². The largest absolute Gasteiger partial charge is 0.461 e. The molecule has 126 valence electrons. The summed E-state index contributed by atoms with van der Waals surface area (Å²) in [5.41, 5.74) is 3.46. The number of rotatable bonds is 8. The number of benzene rings is 1. The number of amides is 2. The molecule has 24 heavy (non-hydrogen) atoms. The Bertz CT molecular complexity index is 703. The van der Waals surface area contributed by atoms with Gasteiger partial charge in [-0.15, -0.1) is 6.58 Å². The average molecular weight is 327 g/mol. The fraction of sp³-hybridized carbons (Fsp3) is 0.316. The lowest BCUT2D eigenvalue weighted by atomic mass is 10.00. The summed E-state index contributed by atoms with van der Waals surface area (Å²) in [5, 5.41) is 2.10. The van der Waals surface area contributed by atoms with E-state index >= 15 is 0 Å². The van der Waals surface area contributed by atoms with Crippen molar-refractivity contribution in [2.45, 2.75) is 39.2 Å². The third-order valence-corrected chi connectivity index (χ3v) is 3.85. The molecule has 0 aromatic heterocycles. The molecule has 1 aromatic carbocycles. The maximum atomic E-state index is 11.9. The fourth-order valence-electron chi connectivity index (χ4n) is 2.52. The van der Waals surface area contributed by atoms with Crippen molar-refractivity contribution >= 4 is 17.8 Å². The van der Waals surface area contributed by atoms with Crippen LogP contribution >= 0.6 is 0 Å². The Balaban J connectivity index is 1.94. The highest BCUT2D eigenvalue weighted by Crippen LogP contribution is 2.17. The Kier molecular flexibility index (Phi) is 6.07. The second kappa shape index (κ2) is 8.24. The van der Waals surface area contributed by atoms with E-state index in [1.165, 1.54) is 5.56 Å². The summed E-state index contributed by atoms with van der Waals surface area (Å²) in [5.74, 6) is -1.55. The average Bonchev–Trinajstić information content (AvgIpc) is 2.88. The van der Waals surface area contributed by atoms with Gasteiger partial charge in [-0.05, 0) is 36.0 Å². The van der Waals surface area contributed by atoms with Crippen LogP contribution in [-0.2, 0) is 38.6 Å². The normalized spacial score (nSPS) is 13.5. The number of aryl methyl sites for hydroxylation is 2. The van der Waals surface area contributed by atoms with Crippen LogP contribution in [0.15, 0.2) is 42.5 Å². The summed E-state index contributed by atoms with van der Waals surface area (Å²) in [7, 11) is 0. The van der Waals surface area contributed by atoms with Crippen LogP contribution in [-0.4, -0.2) is 17.8 Å². The van der Waals surface area contributed by atoms with Crippen LogP contribution in [0, 0.1) is 0 Å². The van der Waals surface area contributed by atoms with Gasteiger partial charge in [0.2, 0.25) is 0 Å². The molecule has 0 saturated carbocycles. The van der Waals surface area contributed by atoms with Crippen molar-refractivity contribution in [1.29, 1.82) is 0 Å². The Morgan fingerprint density at radius 3 is 2.71 bits per heavy atom. The van der Waals surface area contributed by atoms with Gasteiger partial charge in [0.1, 0.15) is 6.61 Å². The Morgan fingerprint density at radius 1 is 1.29 bits per heavy atom. The van der Waals surface area contributed by atoms with Gasteiger partial charge in [-0.25, -0.2) is 0 Å². The summed E-state index contributed by atoms with van der Waals surface area (Å²) in [6.45, 7) is 5.94. The topological polar surface area (TPSA) is 72.5 Å². The number of carbonyl (C=O) groups is 3. The maximum Gasteiger partial charge on any atom is 0.310 e. The molecule has 1 aliphatic heterocycles. The summed E-state index contributed by atoms with van der Waals surface area (Å²) < 4.78 is 5.25. The van der Waals surface area contributed by atoms with Crippen molar-refractivity contribution in [3.05, 3.63) is 59.2 Å². The van der Waals surface area contributed by atoms with E-state index in [2.05, 4.69) is 24.9 Å². The van der Waals surface area contributed by atoms with Crippen LogP contribution in [0.2, 0.25) is 0 Å². The smallest absolute Gasteiger partial charge is 0.310 e. The predicted molar refractivity (Wildman–Crippen MR) is 90.0 cm³/mol. The van der Waals surface area contributed by atoms with Crippen LogP contribution in [0.3, 0.4) is 0 Å². The van der Waals surface area contributed by atoms with Crippen molar-refractivity contribution in [3.63, 3.8) is 0 Å². The first-order chi connectivity index (χ1) is 11.5. The third-order valence-electron chi connectivity index (χ3n) is 3.85. The van der Waals surface area contributed by atoms with Crippen molar-refractivity contribution in [2.24, 2.45) is 0 Å². The zero-order chi connectivity index (χ0) is 17.5. The van der Waals surface area contributed by atoms with Gasteiger partial charge in [0.05, 0.1) is 6.42 Å². The molecule has 0 atom stereocenters. The standard InChI is InChI=1S/C19H21NO4/c1-3-5-6-13-7-8-15(14(4-2)9-13)12-24-18(22)11-16-10-17(21)20-19(16)23/h3,7-10H,1,4-6,11-12H2,2H3,(H,20,21,23). The first kappa shape index (κ1) is 17.7. The number of esters is 1. The van der Waals surface area contributed by atoms with Gasteiger partial charge >= 0.3 is 5.97 Å². The van der Waals surface area contributed by atoms with E-state index in [1.807, 2.05) is 18.2 Å². The van der Waals surface area contributed by atoms with E-state index in [1.54, 1.807) is 0 Å². The van der Waals surface area contributed by atoms with Gasteiger partial charge in [-0.3, -0.25) is 19.7 Å². The van der Waals surface area contributed by atoms with Gasteiger partial charge < -0.3 is 4.74 Å². The van der Waals surface area contributed by atoms with Crippen LogP contribution in [0.4, 0.5) is 0 Å². The van der Waals surface area contributed by atoms with E-state index in [9.17, 15) is 14.4 Å². The summed E-state index contributed by atoms with van der Waals surface area (Å²) in [4.78, 5) is 34.3. The molecular formula is C19H21NO4. The van der Waals surface area contributed by atoms with Gasteiger partial charge in [0.25, 0.3) is 11.8 Å². The van der Waals surface area contributed by atoms with Gasteiger partial charge in [-0.2, -0.15) is 0 Å². The summed E-state index contributed by atoms with van der Waals surface area (Å²) in [6.07, 6.45) is 5.53. The van der Waals surface area contributed by atoms with E-state index < -0.39 is 17.8 Å². The molecule has 2 rings (SSSR count). The highest BCUT2D eigenvalue weighted by molar-refractivity contribution is 6.17. The minimum atomic E-state index is -0.530. The lowest BCUT2D eigenvalue weighted by Crippen LogP contribution is -2.23. The van der Waals surface area contributed by atoms with Crippen LogP contribution < -0.4 is 5.32 Å². The molecule has 2 amide bonds. The molecule has 0 radical (unpaired) electrons. The molecule has 1 N–H and O–H groups in total. The third kappa shape index (κ3) is 4.65. The molecule has 0 fully saturated rings. The Morgan fingerprint density at radius 2 is 2.08 bits per heavy atom. The molecule has 1 heterocycles. The zero-order valence-corrected chi connectivity index (χ0v) is 13.8. The number of hydrogen-bond acceptors (Lipinski definition) is 4. The Hall–Kier alpha value is -2.69. The van der Waals surface area contributed by atoms with Crippen LogP contribution in [0.25, 0.3) is 0 Å². The van der Waals surface area contributed by atoms with Crippen molar-refractivity contribution in [1.82, 2.24) is 5.32 Å². The lowest BCUT2D eigenvalue weighted by Gasteiger charge is -2.11. The molecule has 5 nitrogen and oxygen atoms in total. The predicted octanol–water partition coefficient (Wildman–Crippen LogP) is 2.38. The molecule has 5 heteroatoms. The quantitative estimate of drug-likeness (QED) is 0.452. The highest BCUT2D eigenvalue weighted by Gasteiger charge is 2.23. The van der Waals surface area contributed by atoms with Gasteiger partial charge in [0, 0.05) is 11.6 Å². The molecule has 0 aliphatic carbocycles. The van der Waals surface area contributed by atoms with Crippen LogP contribution in [0.5, 0.6) is 0 Å². The minimum absolute atomic E-state index is 0.139. The van der Waals surface area contributed by atoms with Crippen molar-refractivity contribution in [3.8, 4) is 0 Å². The SMILES string of the molecule is C=CCCc1ccc(COC(=O)CC2=CC(=O)NC2=O)c(CC)c1. The van der Waals surface area contributed by atoms with E-state index in [0.29, 0.717) is 0 Å². The number of allylic oxidation sites excluding steroid dienone is 1. The van der Waals surface area contributed by atoms with E-state index in [4.69, 9.17) is 4.74 Å². The highest BCUT2D eigenvalue weighted by atomic mass is 16.5. The lowest BCUT2D eigenvalue weighted by molar-refractivity contribution is -0.144.